The first-order valence-corrected chi connectivity index (χ1v) is 10.1. The van der Waals surface area contributed by atoms with E-state index >= 15 is 0 Å². The van der Waals surface area contributed by atoms with Gasteiger partial charge in [0.05, 0.1) is 13.2 Å². The second-order valence-electron chi connectivity index (χ2n) is 7.62. The molecule has 0 aromatic heterocycles. The summed E-state index contributed by atoms with van der Waals surface area (Å²) >= 11 is 0. The van der Waals surface area contributed by atoms with Gasteiger partial charge in [0.25, 0.3) is 5.92 Å². The fourth-order valence-corrected chi connectivity index (χ4v) is 3.62. The number of benzene rings is 2. The smallest absolute Gasteiger partial charge is 0.303 e. The lowest BCUT2D eigenvalue weighted by Crippen LogP contribution is -2.18. The van der Waals surface area contributed by atoms with Gasteiger partial charge < -0.3 is 14.6 Å². The molecule has 0 unspecified atom stereocenters. The van der Waals surface area contributed by atoms with Gasteiger partial charge >= 0.3 is 5.97 Å². The van der Waals surface area contributed by atoms with E-state index in [-0.39, 0.29) is 25.0 Å². The monoisotopic (exact) mass is 428 g/mol. The van der Waals surface area contributed by atoms with Crippen molar-refractivity contribution in [2.24, 2.45) is 0 Å². The molecule has 0 spiro atoms. The molecule has 1 aliphatic heterocycles. The van der Waals surface area contributed by atoms with Crippen LogP contribution in [-0.2, 0) is 21.9 Å². The van der Waals surface area contributed by atoms with E-state index in [0.717, 1.165) is 29.2 Å². The normalized spacial score (nSPS) is 14.4. The van der Waals surface area contributed by atoms with Gasteiger partial charge in [0.15, 0.2) is 0 Å². The van der Waals surface area contributed by atoms with E-state index in [4.69, 9.17) is 14.6 Å². The first-order valence-electron chi connectivity index (χ1n) is 10.1. The van der Waals surface area contributed by atoms with Gasteiger partial charge in [-0.1, -0.05) is 43.0 Å². The summed E-state index contributed by atoms with van der Waals surface area (Å²) in [4.78, 5) is 10.8. The Hall–Kier alpha value is -2.99. The van der Waals surface area contributed by atoms with E-state index in [1.54, 1.807) is 6.07 Å². The van der Waals surface area contributed by atoms with Gasteiger partial charge in [-0.25, -0.2) is 8.78 Å². The van der Waals surface area contributed by atoms with Crippen LogP contribution in [0, 0.1) is 0 Å². The Morgan fingerprint density at radius 2 is 1.97 bits per heavy atom. The number of carboxylic acids is 1. The molecule has 2 aromatic rings. The largest absolute Gasteiger partial charge is 0.489 e. The minimum Gasteiger partial charge on any atom is -0.489 e. The Labute approximate surface area is 180 Å². The molecule has 0 saturated carbocycles. The van der Waals surface area contributed by atoms with Crippen molar-refractivity contribution in [2.45, 2.75) is 32.1 Å². The van der Waals surface area contributed by atoms with E-state index in [1.807, 2.05) is 30.3 Å². The fraction of sp³-hybridized carbons (Fsp3) is 0.320. The Balaban J connectivity index is 1.80. The highest BCUT2D eigenvalue weighted by molar-refractivity contribution is 5.78. The van der Waals surface area contributed by atoms with Crippen molar-refractivity contribution in [3.63, 3.8) is 0 Å². The zero-order chi connectivity index (χ0) is 22.4. The third kappa shape index (κ3) is 6.01. The molecule has 2 aromatic carbocycles. The molecule has 6 heteroatoms. The van der Waals surface area contributed by atoms with Gasteiger partial charge in [-0.05, 0) is 52.8 Å². The van der Waals surface area contributed by atoms with Crippen molar-refractivity contribution < 1.29 is 28.2 Å². The molecular weight excluding hydrogens is 402 g/mol. The maximum atomic E-state index is 14.1. The Kier molecular flexibility index (Phi) is 7.23. The van der Waals surface area contributed by atoms with Crippen LogP contribution in [0.5, 0.6) is 5.75 Å². The lowest BCUT2D eigenvalue weighted by molar-refractivity contribution is -0.137. The molecular formula is C25H26F2O4. The number of aliphatic carboxylic acids is 1. The predicted molar refractivity (Wildman–Crippen MR) is 115 cm³/mol. The molecule has 164 valence electrons. The molecule has 31 heavy (non-hydrogen) atoms. The number of carbonyl (C=O) groups is 1. The standard InChI is InChI=1S/C25H26F2O4/c1-17(18-6-4-3-5-7-18)22-12-13-30-15-20(22)16-31-21-10-8-19(9-11-24(28)29)23(14-21)25(2,26)27/h3-8,10,14H,1,9,11-13,15-16H2,2H3,(H,28,29). The van der Waals surface area contributed by atoms with E-state index < -0.39 is 11.9 Å². The molecule has 0 aliphatic carbocycles. The summed E-state index contributed by atoms with van der Waals surface area (Å²) in [5.41, 5.74) is 4.02. The van der Waals surface area contributed by atoms with Crippen LogP contribution < -0.4 is 4.74 Å². The van der Waals surface area contributed by atoms with Crippen molar-refractivity contribution in [3.8, 4) is 5.75 Å². The molecule has 1 aliphatic rings. The average molecular weight is 428 g/mol. The first-order chi connectivity index (χ1) is 14.8. The van der Waals surface area contributed by atoms with Gasteiger partial charge in [-0.2, -0.15) is 0 Å². The van der Waals surface area contributed by atoms with Crippen molar-refractivity contribution >= 4 is 11.5 Å². The molecule has 1 heterocycles. The number of hydrogen-bond acceptors (Lipinski definition) is 3. The number of carboxylic acid groups (broad SMARTS) is 1. The van der Waals surface area contributed by atoms with Gasteiger partial charge in [0.2, 0.25) is 0 Å². The van der Waals surface area contributed by atoms with Gasteiger partial charge in [-0.3, -0.25) is 4.79 Å². The number of aryl methyl sites for hydroxylation is 1. The summed E-state index contributed by atoms with van der Waals surface area (Å²) in [5, 5.41) is 8.87. The second kappa shape index (κ2) is 9.88. The minimum absolute atomic E-state index is 0.0361. The number of rotatable bonds is 9. The summed E-state index contributed by atoms with van der Waals surface area (Å²) < 4.78 is 39.7. The highest BCUT2D eigenvalue weighted by Crippen LogP contribution is 2.34. The zero-order valence-electron chi connectivity index (χ0n) is 17.5. The molecule has 0 atom stereocenters. The van der Waals surface area contributed by atoms with Gasteiger partial charge in [0, 0.05) is 18.9 Å². The van der Waals surface area contributed by atoms with E-state index in [2.05, 4.69) is 6.58 Å². The van der Waals surface area contributed by atoms with Crippen LogP contribution in [0.1, 0.15) is 36.5 Å². The molecule has 0 fully saturated rings. The SMILES string of the molecule is C=C(C1=C(COc2ccc(CCC(=O)O)c(C(C)(F)F)c2)COCC1)c1ccccc1. The van der Waals surface area contributed by atoms with E-state index in [1.165, 1.54) is 12.1 Å². The molecule has 1 N–H and O–H groups in total. The van der Waals surface area contributed by atoms with Gasteiger partial charge in [0.1, 0.15) is 12.4 Å². The number of alkyl halides is 2. The van der Waals surface area contributed by atoms with Crippen LogP contribution in [0.25, 0.3) is 5.57 Å². The summed E-state index contributed by atoms with van der Waals surface area (Å²) in [5.74, 6) is -3.83. The predicted octanol–water partition coefficient (Wildman–Crippen LogP) is 5.62. The van der Waals surface area contributed by atoms with Crippen LogP contribution in [0.4, 0.5) is 8.78 Å². The second-order valence-corrected chi connectivity index (χ2v) is 7.62. The molecule has 3 rings (SSSR count). The molecule has 0 radical (unpaired) electrons. The number of allylic oxidation sites excluding steroid dienone is 1. The molecule has 0 amide bonds. The maximum Gasteiger partial charge on any atom is 0.303 e. The Morgan fingerprint density at radius 1 is 1.23 bits per heavy atom. The number of hydrogen-bond donors (Lipinski definition) is 1. The Morgan fingerprint density at radius 3 is 2.65 bits per heavy atom. The van der Waals surface area contributed by atoms with Crippen molar-refractivity contribution in [2.75, 3.05) is 19.8 Å². The quantitative estimate of drug-likeness (QED) is 0.563. The highest BCUT2D eigenvalue weighted by Gasteiger charge is 2.28. The lowest BCUT2D eigenvalue weighted by atomic mass is 9.92. The number of halogens is 2. The molecule has 0 bridgehead atoms. The van der Waals surface area contributed by atoms with E-state index in [0.29, 0.717) is 30.9 Å². The van der Waals surface area contributed by atoms with Crippen molar-refractivity contribution in [1.82, 2.24) is 0 Å². The zero-order valence-corrected chi connectivity index (χ0v) is 17.5. The fourth-order valence-electron chi connectivity index (χ4n) is 3.62. The highest BCUT2D eigenvalue weighted by atomic mass is 19.3. The first kappa shape index (κ1) is 22.7. The molecule has 4 nitrogen and oxygen atoms in total. The molecule has 0 saturated heterocycles. The summed E-state index contributed by atoms with van der Waals surface area (Å²) in [7, 11) is 0. The third-order valence-electron chi connectivity index (χ3n) is 5.26. The van der Waals surface area contributed by atoms with Crippen molar-refractivity contribution in [3.05, 3.63) is 82.9 Å². The lowest BCUT2D eigenvalue weighted by Gasteiger charge is -2.23. The third-order valence-corrected chi connectivity index (χ3v) is 5.26. The Bertz CT molecular complexity index is 975. The average Bonchev–Trinajstić information content (AvgIpc) is 2.76. The number of ether oxygens (including phenoxy) is 2. The maximum absolute atomic E-state index is 14.1. The van der Waals surface area contributed by atoms with Crippen LogP contribution in [0.2, 0.25) is 0 Å². The topological polar surface area (TPSA) is 55.8 Å². The van der Waals surface area contributed by atoms with Gasteiger partial charge in [-0.15, -0.1) is 0 Å². The van der Waals surface area contributed by atoms with Crippen LogP contribution in [-0.4, -0.2) is 30.9 Å². The minimum atomic E-state index is -3.10. The van der Waals surface area contributed by atoms with E-state index in [9.17, 15) is 13.6 Å². The summed E-state index contributed by atoms with van der Waals surface area (Å²) in [6.45, 7) is 6.22. The van der Waals surface area contributed by atoms with Crippen LogP contribution >= 0.6 is 0 Å². The van der Waals surface area contributed by atoms with Crippen molar-refractivity contribution in [1.29, 1.82) is 0 Å². The van der Waals surface area contributed by atoms with Crippen LogP contribution in [0.15, 0.2) is 66.3 Å². The van der Waals surface area contributed by atoms with Crippen LogP contribution in [0.3, 0.4) is 0 Å². The summed E-state index contributed by atoms with van der Waals surface area (Å²) in [6.07, 6.45) is 0.533. The summed E-state index contributed by atoms with van der Waals surface area (Å²) in [6, 6.07) is 14.3.